The predicted octanol–water partition coefficient (Wildman–Crippen LogP) is 1.44. The van der Waals surface area contributed by atoms with Crippen LogP contribution in [-0.4, -0.2) is 85.3 Å². The number of aliphatic imine (C=N–C) groups is 3. The first-order chi connectivity index (χ1) is 16.1. The van der Waals surface area contributed by atoms with E-state index in [1.165, 1.54) is 6.42 Å². The molecule has 0 amide bonds. The summed E-state index contributed by atoms with van der Waals surface area (Å²) in [6.45, 7) is 8.58. The zero-order valence-corrected chi connectivity index (χ0v) is 19.6. The summed E-state index contributed by atoms with van der Waals surface area (Å²) in [6, 6.07) is 4.10. The molecule has 1 aromatic heterocycles. The van der Waals surface area contributed by atoms with Gasteiger partial charge in [-0.2, -0.15) is 0 Å². The number of piperazine rings is 1. The van der Waals surface area contributed by atoms with Crippen molar-refractivity contribution < 1.29 is 0 Å². The number of likely N-dealkylation sites (N-methyl/N-ethyl adjacent to an activating group) is 1. The van der Waals surface area contributed by atoms with Gasteiger partial charge in [0.15, 0.2) is 5.84 Å². The summed E-state index contributed by atoms with van der Waals surface area (Å²) >= 11 is 0. The monoisotopic (exact) mass is 452 g/mol. The van der Waals surface area contributed by atoms with Crippen molar-refractivity contribution in [2.45, 2.75) is 37.6 Å². The van der Waals surface area contributed by atoms with E-state index in [1.54, 1.807) is 6.20 Å². The maximum Gasteiger partial charge on any atom is 0.203 e. The molecule has 10 heteroatoms. The van der Waals surface area contributed by atoms with E-state index in [9.17, 15) is 0 Å². The number of hydrogen-bond donors (Lipinski definition) is 3. The van der Waals surface area contributed by atoms with E-state index in [0.29, 0.717) is 30.7 Å². The van der Waals surface area contributed by atoms with Crippen LogP contribution in [-0.2, 0) is 0 Å². The average molecular weight is 453 g/mol. The molecule has 2 fully saturated rings. The highest BCUT2D eigenvalue weighted by molar-refractivity contribution is 6.14. The molecule has 2 aliphatic heterocycles. The normalized spacial score (nSPS) is 23.8. The van der Waals surface area contributed by atoms with Crippen molar-refractivity contribution in [1.82, 2.24) is 14.8 Å². The van der Waals surface area contributed by atoms with Crippen molar-refractivity contribution in [1.29, 1.82) is 0 Å². The van der Waals surface area contributed by atoms with Crippen LogP contribution < -0.4 is 21.7 Å². The second-order valence-electron chi connectivity index (χ2n) is 9.00. The van der Waals surface area contributed by atoms with Crippen molar-refractivity contribution in [2.75, 3.05) is 56.7 Å². The lowest BCUT2D eigenvalue weighted by Gasteiger charge is -2.44. The highest BCUT2D eigenvalue weighted by atomic mass is 15.4. The molecule has 3 heterocycles. The molecule has 33 heavy (non-hydrogen) atoms. The smallest absolute Gasteiger partial charge is 0.203 e. The van der Waals surface area contributed by atoms with Gasteiger partial charge >= 0.3 is 0 Å². The third-order valence-electron chi connectivity index (χ3n) is 6.86. The fourth-order valence-electron chi connectivity index (χ4n) is 4.91. The Morgan fingerprint density at radius 3 is 2.58 bits per heavy atom. The van der Waals surface area contributed by atoms with Crippen molar-refractivity contribution in [3.63, 3.8) is 0 Å². The van der Waals surface area contributed by atoms with Crippen LogP contribution in [0, 0.1) is 0 Å². The Bertz CT molecular complexity index is 906. The minimum Gasteiger partial charge on any atom is -0.369 e. The van der Waals surface area contributed by atoms with E-state index < -0.39 is 0 Å². The Hall–Kier alpha value is -2.98. The summed E-state index contributed by atoms with van der Waals surface area (Å²) in [5.74, 6) is 1.88. The summed E-state index contributed by atoms with van der Waals surface area (Å²) in [5.41, 5.74) is 14.1. The second kappa shape index (κ2) is 10.3. The van der Waals surface area contributed by atoms with Crippen molar-refractivity contribution >= 4 is 30.0 Å². The summed E-state index contributed by atoms with van der Waals surface area (Å²) in [7, 11) is 2.16. The number of hydrogen-bond acceptors (Lipinski definition) is 9. The molecule has 0 unspecified atom stereocenters. The van der Waals surface area contributed by atoms with Gasteiger partial charge in [0.05, 0.1) is 23.6 Å². The fourth-order valence-corrected chi connectivity index (χ4v) is 4.91. The number of amidine groups is 1. The van der Waals surface area contributed by atoms with Crippen LogP contribution in [0.4, 0.5) is 11.5 Å². The number of guanidine groups is 1. The summed E-state index contributed by atoms with van der Waals surface area (Å²) in [6.07, 6.45) is 8.91. The molecule has 0 aromatic carbocycles. The van der Waals surface area contributed by atoms with E-state index in [-0.39, 0.29) is 5.54 Å². The minimum atomic E-state index is -0.260. The zero-order chi connectivity index (χ0) is 23.3. The van der Waals surface area contributed by atoms with E-state index in [0.717, 1.165) is 63.4 Å². The third-order valence-corrected chi connectivity index (χ3v) is 6.86. The van der Waals surface area contributed by atoms with Crippen LogP contribution in [0.15, 0.2) is 45.2 Å². The molecular weight excluding hydrogens is 416 g/mol. The van der Waals surface area contributed by atoms with Gasteiger partial charge in [0.2, 0.25) is 5.96 Å². The van der Waals surface area contributed by atoms with Gasteiger partial charge in [-0.3, -0.25) is 9.89 Å². The molecule has 0 radical (unpaired) electrons. The van der Waals surface area contributed by atoms with Crippen LogP contribution in [0.1, 0.15) is 32.1 Å². The van der Waals surface area contributed by atoms with Crippen LogP contribution in [0.3, 0.4) is 0 Å². The molecule has 3 aliphatic rings. The van der Waals surface area contributed by atoms with Crippen LogP contribution >= 0.6 is 0 Å². The maximum atomic E-state index is 6.36. The highest BCUT2D eigenvalue weighted by Gasteiger charge is 2.44. The maximum absolute atomic E-state index is 6.36. The average Bonchev–Trinajstić information content (AvgIpc) is 3.16. The van der Waals surface area contributed by atoms with Gasteiger partial charge in [-0.25, -0.2) is 15.0 Å². The second-order valence-corrected chi connectivity index (χ2v) is 9.00. The minimum absolute atomic E-state index is 0.260. The van der Waals surface area contributed by atoms with Gasteiger partial charge in [0.25, 0.3) is 0 Å². The Morgan fingerprint density at radius 2 is 1.94 bits per heavy atom. The molecule has 10 nitrogen and oxygen atoms in total. The third kappa shape index (κ3) is 5.01. The van der Waals surface area contributed by atoms with Gasteiger partial charge in [0, 0.05) is 32.7 Å². The van der Waals surface area contributed by atoms with Gasteiger partial charge in [-0.1, -0.05) is 19.3 Å². The fraction of sp³-hybridized carbons (Fsp3) is 0.565. The van der Waals surface area contributed by atoms with E-state index in [4.69, 9.17) is 16.5 Å². The zero-order valence-electron chi connectivity index (χ0n) is 19.6. The number of rotatable bonds is 7. The van der Waals surface area contributed by atoms with Crippen LogP contribution in [0.25, 0.3) is 0 Å². The summed E-state index contributed by atoms with van der Waals surface area (Å²) in [5, 5.41) is 3.29. The number of aromatic nitrogens is 1. The molecule has 0 atom stereocenters. The summed E-state index contributed by atoms with van der Waals surface area (Å²) < 4.78 is 0. The SMILES string of the molecule is C=N/C=C1/N=C(N)N(C2(CN)CCCCC2)C1=NCNc1ccc(N2CCN(C)CC2)cn1. The topological polar surface area (TPSA) is 124 Å². The molecule has 1 aromatic rings. The molecular formula is C23H36N10. The first-order valence-electron chi connectivity index (χ1n) is 11.7. The van der Waals surface area contributed by atoms with Crippen LogP contribution in [0.5, 0.6) is 0 Å². The van der Waals surface area contributed by atoms with Gasteiger partial charge < -0.3 is 26.6 Å². The Kier molecular flexibility index (Phi) is 7.24. The Balaban J connectivity index is 1.47. The quantitative estimate of drug-likeness (QED) is 0.535. The first-order valence-corrected chi connectivity index (χ1v) is 11.7. The van der Waals surface area contributed by atoms with Crippen molar-refractivity contribution in [3.8, 4) is 0 Å². The number of nitrogens with two attached hydrogens (primary N) is 2. The number of nitrogens with one attached hydrogen (secondary N) is 1. The van der Waals surface area contributed by atoms with Crippen LogP contribution in [0.2, 0.25) is 0 Å². The van der Waals surface area contributed by atoms with Crippen molar-refractivity contribution in [3.05, 3.63) is 30.2 Å². The van der Waals surface area contributed by atoms with Gasteiger partial charge in [-0.05, 0) is 38.7 Å². The molecule has 5 N–H and O–H groups in total. The van der Waals surface area contributed by atoms with E-state index in [2.05, 4.69) is 49.9 Å². The lowest BCUT2D eigenvalue weighted by Crippen LogP contribution is -2.59. The Labute approximate surface area is 196 Å². The molecule has 1 saturated carbocycles. The van der Waals surface area contributed by atoms with E-state index >= 15 is 0 Å². The lowest BCUT2D eigenvalue weighted by atomic mass is 9.80. The van der Waals surface area contributed by atoms with E-state index in [1.807, 2.05) is 17.2 Å². The number of nitrogens with zero attached hydrogens (tertiary/aromatic N) is 7. The molecule has 1 aliphatic carbocycles. The predicted molar refractivity (Wildman–Crippen MR) is 136 cm³/mol. The Morgan fingerprint density at radius 1 is 1.18 bits per heavy atom. The van der Waals surface area contributed by atoms with Gasteiger partial charge in [0.1, 0.15) is 18.2 Å². The number of pyridine rings is 1. The lowest BCUT2D eigenvalue weighted by molar-refractivity contribution is 0.185. The number of anilines is 2. The standard InChI is InChI=1S/C23H36N10/c1-26-15-19-21(33(22(25)30-19)23(16-24)8-4-3-5-9-23)29-17-28-20-7-6-18(14-27-20)32-12-10-31(2)11-13-32/h6-7,14-15H,1,3-5,8-13,16-17,24H2,2H3,(H2,25,30)(H,27,28)/b19-15+,29-21?. The highest BCUT2D eigenvalue weighted by Crippen LogP contribution is 2.36. The molecule has 178 valence electrons. The van der Waals surface area contributed by atoms with Gasteiger partial charge in [-0.15, -0.1) is 0 Å². The molecule has 4 rings (SSSR count). The summed E-state index contributed by atoms with van der Waals surface area (Å²) in [4.78, 5) is 24.5. The molecule has 0 spiro atoms. The largest absolute Gasteiger partial charge is 0.369 e. The first kappa shape index (κ1) is 23.2. The van der Waals surface area contributed by atoms with Crippen molar-refractivity contribution in [2.24, 2.45) is 26.4 Å². The molecule has 0 bridgehead atoms. The molecule has 1 saturated heterocycles.